The molecule has 2 heterocycles. The summed E-state index contributed by atoms with van der Waals surface area (Å²) in [4.78, 5) is 17.3. The molecule has 0 radical (unpaired) electrons. The summed E-state index contributed by atoms with van der Waals surface area (Å²) in [5.74, 6) is -0.144. The monoisotopic (exact) mass is 411 g/mol. The number of rotatable bonds is 5. The first-order chi connectivity index (χ1) is 12.2. The van der Waals surface area contributed by atoms with E-state index in [0.717, 1.165) is 36.2 Å². The van der Waals surface area contributed by atoms with Gasteiger partial charge in [0.2, 0.25) is 5.91 Å². The van der Waals surface area contributed by atoms with Crippen LogP contribution in [-0.4, -0.2) is 66.8 Å². The molecule has 1 N–H and O–H groups in total. The molecule has 0 saturated carbocycles. The van der Waals surface area contributed by atoms with Gasteiger partial charge >= 0.3 is 0 Å². The molecule has 2 unspecified atom stereocenters. The van der Waals surface area contributed by atoms with E-state index in [0.29, 0.717) is 12.6 Å². The van der Waals surface area contributed by atoms with Gasteiger partial charge in [0.25, 0.3) is 11.3 Å². The van der Waals surface area contributed by atoms with E-state index in [1.54, 1.807) is 0 Å². The standard InChI is InChI=1S/C15H28ClN3O4S.C2H6/c1-11(2)17-8-5-12(6-9-17)18-10-7-15(3,4)13(14(18)20)19(16)24(22)23-21;1-2/h11-13,21H,5-10H2,1-4H3;1-2H3. The van der Waals surface area contributed by atoms with Crippen molar-refractivity contribution in [2.45, 2.75) is 78.9 Å². The van der Waals surface area contributed by atoms with E-state index < -0.39 is 22.7 Å². The van der Waals surface area contributed by atoms with E-state index in [1.807, 2.05) is 32.6 Å². The summed E-state index contributed by atoms with van der Waals surface area (Å²) in [6, 6.07) is -0.110. The van der Waals surface area contributed by atoms with Gasteiger partial charge in [-0.25, -0.2) is 9.47 Å². The summed E-state index contributed by atoms with van der Waals surface area (Å²) in [6.07, 6.45) is 2.61. The lowest BCUT2D eigenvalue weighted by atomic mass is 9.77. The third-order valence-corrected chi connectivity index (χ3v) is 6.49. The highest BCUT2D eigenvalue weighted by atomic mass is 35.5. The second-order valence-electron chi connectivity index (χ2n) is 7.60. The van der Waals surface area contributed by atoms with Crippen molar-refractivity contribution in [1.82, 2.24) is 13.6 Å². The largest absolute Gasteiger partial charge is 0.338 e. The molecule has 2 atom stereocenters. The fourth-order valence-corrected chi connectivity index (χ4v) is 4.74. The minimum Gasteiger partial charge on any atom is -0.338 e. The van der Waals surface area contributed by atoms with E-state index in [2.05, 4.69) is 23.1 Å². The molecule has 26 heavy (non-hydrogen) atoms. The van der Waals surface area contributed by atoms with E-state index in [9.17, 15) is 9.00 Å². The van der Waals surface area contributed by atoms with Crippen LogP contribution in [0.2, 0.25) is 0 Å². The van der Waals surface area contributed by atoms with Gasteiger partial charge < -0.3 is 9.80 Å². The minimum absolute atomic E-state index is 0.144. The van der Waals surface area contributed by atoms with E-state index in [4.69, 9.17) is 17.0 Å². The van der Waals surface area contributed by atoms with Crippen LogP contribution in [0.25, 0.3) is 0 Å². The van der Waals surface area contributed by atoms with Crippen molar-refractivity contribution in [3.63, 3.8) is 0 Å². The summed E-state index contributed by atoms with van der Waals surface area (Å²) in [7, 11) is 0. The number of likely N-dealkylation sites (tertiary alicyclic amines) is 2. The molecule has 154 valence electrons. The van der Waals surface area contributed by atoms with E-state index in [-0.39, 0.29) is 11.9 Å². The summed E-state index contributed by atoms with van der Waals surface area (Å²) in [5, 5.41) is 8.63. The van der Waals surface area contributed by atoms with Crippen LogP contribution in [0.5, 0.6) is 0 Å². The minimum atomic E-state index is -2.27. The molecule has 7 nitrogen and oxygen atoms in total. The van der Waals surface area contributed by atoms with Crippen LogP contribution in [0.4, 0.5) is 0 Å². The number of piperidine rings is 2. The first kappa shape index (κ1) is 23.8. The fourth-order valence-electron chi connectivity index (χ4n) is 3.70. The van der Waals surface area contributed by atoms with Crippen molar-refractivity contribution in [2.75, 3.05) is 19.6 Å². The summed E-state index contributed by atoms with van der Waals surface area (Å²) < 4.78 is 16.3. The van der Waals surface area contributed by atoms with Gasteiger partial charge in [0.15, 0.2) is 0 Å². The average Bonchev–Trinajstić information content (AvgIpc) is 2.62. The highest BCUT2D eigenvalue weighted by Crippen LogP contribution is 2.38. The quantitative estimate of drug-likeness (QED) is 0.427. The Morgan fingerprint density at radius 3 is 2.27 bits per heavy atom. The lowest BCUT2D eigenvalue weighted by Crippen LogP contribution is -2.61. The Morgan fingerprint density at radius 1 is 1.27 bits per heavy atom. The molecule has 9 heteroatoms. The molecule has 0 spiro atoms. The predicted octanol–water partition coefficient (Wildman–Crippen LogP) is 3.04. The molecule has 0 bridgehead atoms. The Hall–Kier alpha value is -0.250. The lowest BCUT2D eigenvalue weighted by molar-refractivity contribution is -0.149. The average molecular weight is 412 g/mol. The third-order valence-electron chi connectivity index (χ3n) is 5.33. The number of hydrogen-bond donors (Lipinski definition) is 1. The number of amides is 1. The summed E-state index contributed by atoms with van der Waals surface area (Å²) in [6.45, 7) is 14.8. The second kappa shape index (κ2) is 10.3. The Bertz CT molecular complexity index is 485. The van der Waals surface area contributed by atoms with Crippen LogP contribution in [0.3, 0.4) is 0 Å². The van der Waals surface area contributed by atoms with Crippen LogP contribution < -0.4 is 0 Å². The van der Waals surface area contributed by atoms with Crippen molar-refractivity contribution in [3.05, 3.63) is 0 Å². The Kier molecular flexibility index (Phi) is 9.46. The van der Waals surface area contributed by atoms with Gasteiger partial charge in [0.1, 0.15) is 6.04 Å². The normalized spacial score (nSPS) is 26.0. The Balaban J connectivity index is 0.00000163. The second-order valence-corrected chi connectivity index (χ2v) is 9.14. The molecule has 2 saturated heterocycles. The van der Waals surface area contributed by atoms with E-state index >= 15 is 0 Å². The number of hydrogen-bond acceptors (Lipinski definition) is 5. The molecule has 2 fully saturated rings. The van der Waals surface area contributed by atoms with Crippen LogP contribution in [0, 0.1) is 5.41 Å². The van der Waals surface area contributed by atoms with Gasteiger partial charge in [0, 0.05) is 31.7 Å². The first-order valence-corrected chi connectivity index (χ1v) is 10.8. The van der Waals surface area contributed by atoms with Gasteiger partial charge in [-0.2, -0.15) is 0 Å². The molecule has 0 aromatic heterocycles. The zero-order valence-electron chi connectivity index (χ0n) is 16.8. The zero-order valence-corrected chi connectivity index (χ0v) is 18.3. The maximum absolute atomic E-state index is 13.0. The molecule has 2 aliphatic heterocycles. The van der Waals surface area contributed by atoms with Crippen molar-refractivity contribution in [1.29, 1.82) is 0 Å². The van der Waals surface area contributed by atoms with E-state index in [1.165, 1.54) is 0 Å². The van der Waals surface area contributed by atoms with Crippen LogP contribution in [-0.2, 0) is 20.4 Å². The van der Waals surface area contributed by atoms with Crippen molar-refractivity contribution >= 4 is 29.0 Å². The maximum atomic E-state index is 13.0. The third kappa shape index (κ3) is 5.39. The summed E-state index contributed by atoms with van der Waals surface area (Å²) >= 11 is 3.78. The van der Waals surface area contributed by atoms with Crippen LogP contribution >= 0.6 is 11.8 Å². The van der Waals surface area contributed by atoms with Crippen molar-refractivity contribution < 1.29 is 18.6 Å². The number of carbonyl (C=O) groups is 1. The zero-order chi connectivity index (χ0) is 20.1. The highest BCUT2D eigenvalue weighted by molar-refractivity contribution is 7.78. The van der Waals surface area contributed by atoms with Crippen LogP contribution in [0.15, 0.2) is 0 Å². The van der Waals surface area contributed by atoms with Gasteiger partial charge in [-0.05, 0) is 50.3 Å². The molecule has 0 aromatic rings. The Morgan fingerprint density at radius 2 is 1.81 bits per heavy atom. The number of nitrogens with zero attached hydrogens (tertiary/aromatic N) is 3. The molecular formula is C17H34ClN3O4S. The molecular weight excluding hydrogens is 378 g/mol. The first-order valence-electron chi connectivity index (χ1n) is 9.42. The fraction of sp³-hybridized carbons (Fsp3) is 0.941. The van der Waals surface area contributed by atoms with Crippen LogP contribution in [0.1, 0.15) is 60.8 Å². The molecule has 0 aliphatic carbocycles. The summed E-state index contributed by atoms with van der Waals surface area (Å²) in [5.41, 5.74) is -0.456. The number of halogens is 1. The SMILES string of the molecule is CC.CC(C)N1CCC(N2CCC(C)(C)C(N(Cl)S(=O)OO)C2=O)CC1. The van der Waals surface area contributed by atoms with Gasteiger partial charge in [-0.3, -0.25) is 4.79 Å². The predicted molar refractivity (Wildman–Crippen MR) is 105 cm³/mol. The molecule has 0 aromatic carbocycles. The molecule has 2 aliphatic rings. The van der Waals surface area contributed by atoms with Gasteiger partial charge in [-0.1, -0.05) is 31.5 Å². The topological polar surface area (TPSA) is 73.3 Å². The lowest BCUT2D eigenvalue weighted by Gasteiger charge is -2.48. The van der Waals surface area contributed by atoms with Gasteiger partial charge in [0.05, 0.1) is 0 Å². The number of carbonyl (C=O) groups excluding carboxylic acids is 1. The molecule has 1 amide bonds. The van der Waals surface area contributed by atoms with Crippen molar-refractivity contribution in [3.8, 4) is 0 Å². The van der Waals surface area contributed by atoms with Gasteiger partial charge in [-0.15, -0.1) is 4.33 Å². The highest BCUT2D eigenvalue weighted by Gasteiger charge is 2.49. The maximum Gasteiger partial charge on any atom is 0.281 e. The van der Waals surface area contributed by atoms with Crippen molar-refractivity contribution in [2.24, 2.45) is 5.41 Å². The smallest absolute Gasteiger partial charge is 0.281 e. The Labute approximate surface area is 165 Å². The molecule has 2 rings (SSSR count).